The number of ketones is 2. The topological polar surface area (TPSA) is 58.0 Å². The molecule has 0 fully saturated rings. The third kappa shape index (κ3) is 3.95. The van der Waals surface area contributed by atoms with E-state index in [0.717, 1.165) is 6.42 Å². The Hall–Kier alpha value is -0.990. The molecule has 10 heavy (non-hydrogen) atoms. The van der Waals surface area contributed by atoms with Crippen molar-refractivity contribution in [2.45, 2.75) is 26.2 Å². The van der Waals surface area contributed by atoms with Gasteiger partial charge < -0.3 is 5.41 Å². The third-order valence-corrected chi connectivity index (χ3v) is 1.06. The molecule has 0 aliphatic carbocycles. The van der Waals surface area contributed by atoms with Crippen LogP contribution in [0.4, 0.5) is 0 Å². The van der Waals surface area contributed by atoms with Crippen molar-refractivity contribution in [1.29, 1.82) is 5.41 Å². The van der Waals surface area contributed by atoms with Crippen LogP contribution in [0.15, 0.2) is 0 Å². The van der Waals surface area contributed by atoms with Crippen molar-refractivity contribution >= 4 is 17.8 Å². The fraction of sp³-hybridized carbons (Fsp3) is 0.571. The van der Waals surface area contributed by atoms with Crippen LogP contribution in [0.2, 0.25) is 0 Å². The van der Waals surface area contributed by atoms with Gasteiger partial charge in [0.25, 0.3) is 0 Å². The van der Waals surface area contributed by atoms with Crippen LogP contribution < -0.4 is 0 Å². The van der Waals surface area contributed by atoms with Gasteiger partial charge in [0.2, 0.25) is 0 Å². The summed E-state index contributed by atoms with van der Waals surface area (Å²) in [5.41, 5.74) is 0. The summed E-state index contributed by atoms with van der Waals surface area (Å²) in [6, 6.07) is 0. The van der Waals surface area contributed by atoms with E-state index in [-0.39, 0.29) is 12.2 Å². The molecule has 0 atom stereocenters. The first-order valence-corrected chi connectivity index (χ1v) is 3.25. The molecule has 0 saturated heterocycles. The minimum atomic E-state index is -0.404. The normalized spacial score (nSPS) is 8.90. The van der Waals surface area contributed by atoms with Crippen molar-refractivity contribution < 1.29 is 9.59 Å². The van der Waals surface area contributed by atoms with Crippen LogP contribution in [-0.4, -0.2) is 17.8 Å². The molecule has 0 aromatic rings. The Labute approximate surface area is 59.9 Å². The number of rotatable bonds is 5. The molecule has 0 aliphatic rings. The standard InChI is InChI=1S/C7H11NO2/c1-2-3-6(9)4-7(10)5-8/h5,8H,2-4H2,1H3. The molecule has 0 saturated carbocycles. The van der Waals surface area contributed by atoms with E-state index in [4.69, 9.17) is 5.41 Å². The summed E-state index contributed by atoms with van der Waals surface area (Å²) in [5, 5.41) is 6.51. The quantitative estimate of drug-likeness (QED) is 0.458. The van der Waals surface area contributed by atoms with Gasteiger partial charge in [0.15, 0.2) is 5.78 Å². The van der Waals surface area contributed by atoms with Gasteiger partial charge in [-0.3, -0.25) is 9.59 Å². The maximum atomic E-state index is 10.7. The summed E-state index contributed by atoms with van der Waals surface area (Å²) in [5.74, 6) is -0.477. The first kappa shape index (κ1) is 9.01. The van der Waals surface area contributed by atoms with Crippen molar-refractivity contribution in [3.8, 4) is 0 Å². The zero-order valence-corrected chi connectivity index (χ0v) is 6.02. The number of carbonyl (C=O) groups is 2. The molecule has 1 N–H and O–H groups in total. The summed E-state index contributed by atoms with van der Waals surface area (Å²) in [6.45, 7) is 1.88. The molecule has 3 nitrogen and oxygen atoms in total. The first-order chi connectivity index (χ1) is 4.70. The van der Waals surface area contributed by atoms with Gasteiger partial charge in [-0.05, 0) is 6.42 Å². The Bertz CT molecular complexity index is 152. The molecule has 0 aliphatic heterocycles. The predicted molar refractivity (Wildman–Crippen MR) is 38.3 cm³/mol. The van der Waals surface area contributed by atoms with E-state index in [1.807, 2.05) is 6.92 Å². The number of nitrogens with one attached hydrogen (secondary N) is 1. The smallest absolute Gasteiger partial charge is 0.180 e. The zero-order valence-electron chi connectivity index (χ0n) is 6.02. The van der Waals surface area contributed by atoms with Gasteiger partial charge in [-0.25, -0.2) is 0 Å². The van der Waals surface area contributed by atoms with Crippen LogP contribution in [0.5, 0.6) is 0 Å². The SMILES string of the molecule is CCCC(=O)CC(=O)C=N. The molecule has 0 aromatic heterocycles. The molecule has 0 radical (unpaired) electrons. The lowest BCUT2D eigenvalue weighted by molar-refractivity contribution is -0.123. The van der Waals surface area contributed by atoms with Crippen LogP contribution in [0, 0.1) is 5.41 Å². The predicted octanol–water partition coefficient (Wildman–Crippen LogP) is 0.964. The van der Waals surface area contributed by atoms with Gasteiger partial charge in [0, 0.05) is 6.42 Å². The molecule has 3 heteroatoms. The molecule has 0 aromatic carbocycles. The maximum absolute atomic E-state index is 10.7. The Balaban J connectivity index is 3.57. The summed E-state index contributed by atoms with van der Waals surface area (Å²) in [6.07, 6.45) is 1.80. The molecule has 0 unspecified atom stereocenters. The lowest BCUT2D eigenvalue weighted by atomic mass is 10.1. The van der Waals surface area contributed by atoms with Gasteiger partial charge in [-0.15, -0.1) is 0 Å². The van der Waals surface area contributed by atoms with Gasteiger partial charge in [-0.2, -0.15) is 0 Å². The second-order valence-electron chi connectivity index (χ2n) is 2.08. The van der Waals surface area contributed by atoms with Crippen molar-refractivity contribution in [3.63, 3.8) is 0 Å². The highest BCUT2D eigenvalue weighted by Gasteiger charge is 2.04. The summed E-state index contributed by atoms with van der Waals surface area (Å²) >= 11 is 0. The number of Topliss-reactive ketones (excluding diaryl/α,β-unsaturated/α-hetero) is 2. The monoisotopic (exact) mass is 141 g/mol. The second-order valence-corrected chi connectivity index (χ2v) is 2.08. The zero-order chi connectivity index (χ0) is 7.98. The van der Waals surface area contributed by atoms with Crippen LogP contribution in [0.1, 0.15) is 26.2 Å². The number of hydrogen-bond acceptors (Lipinski definition) is 3. The highest BCUT2D eigenvalue weighted by Crippen LogP contribution is 1.93. The van der Waals surface area contributed by atoms with Gasteiger partial charge in [0.05, 0.1) is 12.6 Å². The van der Waals surface area contributed by atoms with Crippen LogP contribution >= 0.6 is 0 Å². The third-order valence-electron chi connectivity index (χ3n) is 1.06. The van der Waals surface area contributed by atoms with Gasteiger partial charge in [0.1, 0.15) is 5.78 Å². The Morgan fingerprint density at radius 2 is 2.10 bits per heavy atom. The average molecular weight is 141 g/mol. The van der Waals surface area contributed by atoms with Crippen molar-refractivity contribution in [2.24, 2.45) is 0 Å². The van der Waals surface area contributed by atoms with Crippen molar-refractivity contribution in [2.75, 3.05) is 0 Å². The Morgan fingerprint density at radius 3 is 2.50 bits per heavy atom. The molecule has 56 valence electrons. The lowest BCUT2D eigenvalue weighted by Crippen LogP contribution is -2.07. The summed E-state index contributed by atoms with van der Waals surface area (Å²) in [4.78, 5) is 21.1. The van der Waals surface area contributed by atoms with E-state index < -0.39 is 5.78 Å². The fourth-order valence-electron chi connectivity index (χ4n) is 0.613. The molecule has 0 spiro atoms. The largest absolute Gasteiger partial charge is 0.305 e. The van der Waals surface area contributed by atoms with Crippen LogP contribution in [0.25, 0.3) is 0 Å². The highest BCUT2D eigenvalue weighted by molar-refractivity contribution is 6.30. The van der Waals surface area contributed by atoms with E-state index in [0.29, 0.717) is 12.6 Å². The molecule has 0 amide bonds. The second kappa shape index (κ2) is 4.85. The molecular formula is C7H11NO2. The fourth-order valence-corrected chi connectivity index (χ4v) is 0.613. The number of carbonyl (C=O) groups excluding carboxylic acids is 2. The Morgan fingerprint density at radius 1 is 1.50 bits per heavy atom. The minimum absolute atomic E-state index is 0.0731. The number of hydrogen-bond donors (Lipinski definition) is 1. The van der Waals surface area contributed by atoms with Gasteiger partial charge in [-0.1, -0.05) is 6.92 Å². The molecule has 0 bridgehead atoms. The van der Waals surface area contributed by atoms with Crippen LogP contribution in [-0.2, 0) is 9.59 Å². The van der Waals surface area contributed by atoms with E-state index in [1.165, 1.54) is 0 Å². The van der Waals surface area contributed by atoms with E-state index in [1.54, 1.807) is 0 Å². The van der Waals surface area contributed by atoms with Crippen molar-refractivity contribution in [1.82, 2.24) is 0 Å². The van der Waals surface area contributed by atoms with E-state index >= 15 is 0 Å². The highest BCUT2D eigenvalue weighted by atomic mass is 16.1. The molecular weight excluding hydrogens is 130 g/mol. The van der Waals surface area contributed by atoms with Crippen LogP contribution in [0.3, 0.4) is 0 Å². The van der Waals surface area contributed by atoms with Crippen molar-refractivity contribution in [3.05, 3.63) is 0 Å². The Kier molecular flexibility index (Phi) is 4.37. The van der Waals surface area contributed by atoms with E-state index in [9.17, 15) is 9.59 Å². The molecule has 0 heterocycles. The summed E-state index contributed by atoms with van der Waals surface area (Å²) in [7, 11) is 0. The summed E-state index contributed by atoms with van der Waals surface area (Å²) < 4.78 is 0. The molecule has 0 rings (SSSR count). The maximum Gasteiger partial charge on any atom is 0.180 e. The minimum Gasteiger partial charge on any atom is -0.305 e. The van der Waals surface area contributed by atoms with E-state index in [2.05, 4.69) is 0 Å². The van der Waals surface area contributed by atoms with Gasteiger partial charge >= 0.3 is 0 Å². The lowest BCUT2D eigenvalue weighted by Gasteiger charge is -1.91. The average Bonchev–Trinajstić information content (AvgIpc) is 1.88. The first-order valence-electron chi connectivity index (χ1n) is 3.25.